The van der Waals surface area contributed by atoms with Crippen LogP contribution in [0.4, 0.5) is 11.4 Å². The molecule has 8 heteroatoms. The maximum atomic E-state index is 12.8. The minimum absolute atomic E-state index is 0.0218. The molecule has 1 amide bonds. The number of hydrogen-bond donors (Lipinski definition) is 2. The summed E-state index contributed by atoms with van der Waals surface area (Å²) in [5.41, 5.74) is 1.83. The Labute approximate surface area is 174 Å². The first kappa shape index (κ1) is 20.7. The zero-order valence-corrected chi connectivity index (χ0v) is 17.3. The Morgan fingerprint density at radius 2 is 1.72 bits per heavy atom. The summed E-state index contributed by atoms with van der Waals surface area (Å²) in [7, 11) is -2.38. The van der Waals surface area contributed by atoms with Crippen molar-refractivity contribution in [3.05, 3.63) is 82.9 Å². The normalized spacial score (nSPS) is 11.0. The van der Waals surface area contributed by atoms with E-state index in [1.54, 1.807) is 43.3 Å². The van der Waals surface area contributed by atoms with Gasteiger partial charge in [-0.1, -0.05) is 35.9 Å². The van der Waals surface area contributed by atoms with Crippen LogP contribution in [0.3, 0.4) is 0 Å². The summed E-state index contributed by atoms with van der Waals surface area (Å²) in [5.74, 6) is -0.0498. The molecule has 150 valence electrons. The number of hydrogen-bond acceptors (Lipinski definition) is 4. The van der Waals surface area contributed by atoms with Gasteiger partial charge in [0.15, 0.2) is 0 Å². The summed E-state index contributed by atoms with van der Waals surface area (Å²) in [6.45, 7) is 1.81. The molecule has 0 aliphatic carbocycles. The highest BCUT2D eigenvalue weighted by Gasteiger charge is 2.18. The average Bonchev–Trinajstić information content (AvgIpc) is 2.70. The standard InChI is InChI=1S/C21H19ClN2O4S/c1-14-6-3-4-9-18(14)24-29(26,27)17-8-5-7-15(12-17)21(25)23-19-13-16(22)10-11-20(19)28-2/h3-13,24H,1-2H3,(H,23,25). The van der Waals surface area contributed by atoms with Crippen LogP contribution in [0.5, 0.6) is 5.75 Å². The molecule has 0 fully saturated rings. The van der Waals surface area contributed by atoms with Crippen molar-refractivity contribution < 1.29 is 17.9 Å². The molecule has 0 aliphatic heterocycles. The molecule has 0 unspecified atom stereocenters. The fourth-order valence-corrected chi connectivity index (χ4v) is 4.02. The summed E-state index contributed by atoms with van der Waals surface area (Å²) < 4.78 is 33.3. The van der Waals surface area contributed by atoms with Gasteiger partial charge in [0, 0.05) is 10.6 Å². The third kappa shape index (κ3) is 4.88. The van der Waals surface area contributed by atoms with Gasteiger partial charge in [0.1, 0.15) is 5.75 Å². The Morgan fingerprint density at radius 1 is 0.966 bits per heavy atom. The predicted molar refractivity (Wildman–Crippen MR) is 114 cm³/mol. The SMILES string of the molecule is COc1ccc(Cl)cc1NC(=O)c1cccc(S(=O)(=O)Nc2ccccc2C)c1. The third-order valence-corrected chi connectivity index (χ3v) is 5.80. The topological polar surface area (TPSA) is 84.5 Å². The largest absolute Gasteiger partial charge is 0.495 e. The summed E-state index contributed by atoms with van der Waals surface area (Å²) in [5, 5.41) is 3.12. The van der Waals surface area contributed by atoms with Crippen molar-refractivity contribution >= 4 is 38.9 Å². The molecule has 29 heavy (non-hydrogen) atoms. The van der Waals surface area contributed by atoms with E-state index in [1.807, 2.05) is 6.07 Å². The van der Waals surface area contributed by atoms with Crippen LogP contribution < -0.4 is 14.8 Å². The number of aryl methyl sites for hydroxylation is 1. The van der Waals surface area contributed by atoms with Crippen LogP contribution >= 0.6 is 11.6 Å². The van der Waals surface area contributed by atoms with E-state index in [2.05, 4.69) is 10.0 Å². The highest BCUT2D eigenvalue weighted by molar-refractivity contribution is 7.92. The Kier molecular flexibility index (Phi) is 6.10. The van der Waals surface area contributed by atoms with E-state index in [0.717, 1.165) is 5.56 Å². The van der Waals surface area contributed by atoms with E-state index in [0.29, 0.717) is 22.1 Å². The number of anilines is 2. The van der Waals surface area contributed by atoms with Crippen LogP contribution in [-0.2, 0) is 10.0 Å². The number of nitrogens with one attached hydrogen (secondary N) is 2. The quantitative estimate of drug-likeness (QED) is 0.593. The molecular formula is C21H19ClN2O4S. The second kappa shape index (κ2) is 8.55. The number of sulfonamides is 1. The van der Waals surface area contributed by atoms with Gasteiger partial charge in [-0.15, -0.1) is 0 Å². The summed E-state index contributed by atoms with van der Waals surface area (Å²) in [6.07, 6.45) is 0. The van der Waals surface area contributed by atoms with Gasteiger partial charge < -0.3 is 10.1 Å². The van der Waals surface area contributed by atoms with Crippen molar-refractivity contribution in [3.8, 4) is 5.75 Å². The van der Waals surface area contributed by atoms with E-state index in [4.69, 9.17) is 16.3 Å². The lowest BCUT2D eigenvalue weighted by Crippen LogP contribution is -2.16. The second-order valence-electron chi connectivity index (χ2n) is 6.25. The first-order valence-electron chi connectivity index (χ1n) is 8.63. The molecule has 3 aromatic rings. The molecule has 0 spiro atoms. The fourth-order valence-electron chi connectivity index (χ4n) is 2.67. The molecule has 3 rings (SSSR count). The molecular weight excluding hydrogens is 412 g/mol. The first-order chi connectivity index (χ1) is 13.8. The molecule has 0 bridgehead atoms. The molecule has 3 aromatic carbocycles. The number of halogens is 1. The van der Waals surface area contributed by atoms with E-state index in [9.17, 15) is 13.2 Å². The Morgan fingerprint density at radius 3 is 2.45 bits per heavy atom. The van der Waals surface area contributed by atoms with Crippen LogP contribution in [-0.4, -0.2) is 21.4 Å². The molecule has 0 aliphatic rings. The molecule has 6 nitrogen and oxygen atoms in total. The van der Waals surface area contributed by atoms with Crippen molar-refractivity contribution in [2.24, 2.45) is 0 Å². The maximum absolute atomic E-state index is 12.8. The molecule has 0 aromatic heterocycles. The summed E-state index contributed by atoms with van der Waals surface area (Å²) in [6, 6.07) is 17.6. The van der Waals surface area contributed by atoms with Crippen LogP contribution in [0.15, 0.2) is 71.6 Å². The van der Waals surface area contributed by atoms with E-state index in [1.165, 1.54) is 31.4 Å². The minimum Gasteiger partial charge on any atom is -0.495 e. The second-order valence-corrected chi connectivity index (χ2v) is 8.37. The average molecular weight is 431 g/mol. The number of methoxy groups -OCH3 is 1. The van der Waals surface area contributed by atoms with E-state index >= 15 is 0 Å². The number of rotatable bonds is 6. The molecule has 0 saturated heterocycles. The van der Waals surface area contributed by atoms with Gasteiger partial charge in [-0.3, -0.25) is 9.52 Å². The lowest BCUT2D eigenvalue weighted by Gasteiger charge is -2.12. The van der Waals surface area contributed by atoms with Crippen LogP contribution in [0, 0.1) is 6.92 Å². The Balaban J connectivity index is 1.86. The molecule has 0 radical (unpaired) electrons. The van der Waals surface area contributed by atoms with Crippen molar-refractivity contribution in [2.75, 3.05) is 17.1 Å². The van der Waals surface area contributed by atoms with Crippen LogP contribution in [0.1, 0.15) is 15.9 Å². The maximum Gasteiger partial charge on any atom is 0.261 e. The molecule has 0 atom stereocenters. The van der Waals surface area contributed by atoms with Crippen LogP contribution in [0.25, 0.3) is 0 Å². The third-order valence-electron chi connectivity index (χ3n) is 4.21. The lowest BCUT2D eigenvalue weighted by molar-refractivity contribution is 0.102. The monoisotopic (exact) mass is 430 g/mol. The van der Waals surface area contributed by atoms with Gasteiger partial charge in [0.05, 0.1) is 23.4 Å². The fraction of sp³-hybridized carbons (Fsp3) is 0.0952. The predicted octanol–water partition coefficient (Wildman–Crippen LogP) is 4.71. The van der Waals surface area contributed by atoms with Gasteiger partial charge in [0.25, 0.3) is 15.9 Å². The van der Waals surface area contributed by atoms with Gasteiger partial charge in [-0.25, -0.2) is 8.42 Å². The highest BCUT2D eigenvalue weighted by atomic mass is 35.5. The molecule has 0 saturated carbocycles. The number of para-hydroxylation sites is 1. The number of carbonyl (C=O) groups excluding carboxylic acids is 1. The smallest absolute Gasteiger partial charge is 0.261 e. The number of amides is 1. The molecule has 2 N–H and O–H groups in total. The van der Waals surface area contributed by atoms with Gasteiger partial charge in [-0.2, -0.15) is 0 Å². The van der Waals surface area contributed by atoms with Gasteiger partial charge >= 0.3 is 0 Å². The first-order valence-corrected chi connectivity index (χ1v) is 10.5. The number of carbonyl (C=O) groups is 1. The minimum atomic E-state index is -3.86. The zero-order valence-electron chi connectivity index (χ0n) is 15.8. The van der Waals surface area contributed by atoms with Gasteiger partial charge in [0.2, 0.25) is 0 Å². The zero-order chi connectivity index (χ0) is 21.0. The van der Waals surface area contributed by atoms with Crippen molar-refractivity contribution in [3.63, 3.8) is 0 Å². The summed E-state index contributed by atoms with van der Waals surface area (Å²) in [4.78, 5) is 12.6. The lowest BCUT2D eigenvalue weighted by atomic mass is 10.2. The van der Waals surface area contributed by atoms with Crippen LogP contribution in [0.2, 0.25) is 5.02 Å². The van der Waals surface area contributed by atoms with Crippen molar-refractivity contribution in [2.45, 2.75) is 11.8 Å². The Hall–Kier alpha value is -3.03. The van der Waals surface area contributed by atoms with Crippen molar-refractivity contribution in [1.29, 1.82) is 0 Å². The summed E-state index contributed by atoms with van der Waals surface area (Å²) >= 11 is 5.98. The number of ether oxygens (including phenoxy) is 1. The Bertz CT molecular complexity index is 1160. The van der Waals surface area contributed by atoms with Gasteiger partial charge in [-0.05, 0) is 55.0 Å². The van der Waals surface area contributed by atoms with E-state index in [-0.39, 0.29) is 10.5 Å². The van der Waals surface area contributed by atoms with Crippen molar-refractivity contribution in [1.82, 2.24) is 0 Å². The van der Waals surface area contributed by atoms with E-state index < -0.39 is 15.9 Å². The highest BCUT2D eigenvalue weighted by Crippen LogP contribution is 2.28. The number of benzene rings is 3. The molecule has 0 heterocycles.